The first-order chi connectivity index (χ1) is 9.20. The summed E-state index contributed by atoms with van der Waals surface area (Å²) in [6.45, 7) is 3.64. The lowest BCUT2D eigenvalue weighted by molar-refractivity contribution is -0.104. The fraction of sp³-hybridized carbons (Fsp3) is 1.00. The molecule has 0 aliphatic carbocycles. The minimum atomic E-state index is -0.0130. The Balaban J connectivity index is 1.64. The average Bonchev–Trinajstić information content (AvgIpc) is 2.86. The van der Waals surface area contributed by atoms with E-state index in [2.05, 4.69) is 11.9 Å². The maximum Gasteiger partial charge on any atom is 0.0939 e. The zero-order valence-corrected chi connectivity index (χ0v) is 12.7. The van der Waals surface area contributed by atoms with Gasteiger partial charge >= 0.3 is 0 Å². The van der Waals surface area contributed by atoms with Crippen molar-refractivity contribution in [1.82, 2.24) is 4.90 Å². The van der Waals surface area contributed by atoms with E-state index in [1.54, 1.807) is 0 Å². The molecule has 1 spiro atoms. The second-order valence-corrected chi connectivity index (χ2v) is 7.44. The van der Waals surface area contributed by atoms with Crippen molar-refractivity contribution in [3.8, 4) is 0 Å². The third-order valence-electron chi connectivity index (χ3n) is 5.03. The maximum atomic E-state index is 6.61. The van der Waals surface area contributed by atoms with Crippen LogP contribution in [0.2, 0.25) is 0 Å². The zero-order chi connectivity index (χ0) is 13.3. The molecule has 19 heavy (non-hydrogen) atoms. The Morgan fingerprint density at radius 3 is 3.05 bits per heavy atom. The molecule has 4 unspecified atom stereocenters. The van der Waals surface area contributed by atoms with Crippen LogP contribution in [0, 0.1) is 5.92 Å². The molecule has 5 heteroatoms. The molecule has 0 amide bonds. The molecule has 3 heterocycles. The first-order valence-corrected chi connectivity index (χ1v) is 8.61. The van der Waals surface area contributed by atoms with E-state index in [1.807, 2.05) is 11.8 Å². The summed E-state index contributed by atoms with van der Waals surface area (Å²) in [7, 11) is 2.22. The van der Waals surface area contributed by atoms with Crippen molar-refractivity contribution < 1.29 is 9.47 Å². The third kappa shape index (κ3) is 2.95. The van der Waals surface area contributed by atoms with Gasteiger partial charge in [0.2, 0.25) is 0 Å². The Morgan fingerprint density at radius 1 is 1.42 bits per heavy atom. The van der Waals surface area contributed by atoms with Gasteiger partial charge in [0, 0.05) is 49.8 Å². The third-order valence-corrected chi connectivity index (χ3v) is 6.08. The highest BCUT2D eigenvalue weighted by Crippen LogP contribution is 2.38. The molecule has 3 aliphatic rings. The highest BCUT2D eigenvalue weighted by molar-refractivity contribution is 7.99. The largest absolute Gasteiger partial charge is 0.378 e. The van der Waals surface area contributed by atoms with Gasteiger partial charge in [-0.3, -0.25) is 0 Å². The van der Waals surface area contributed by atoms with E-state index in [0.717, 1.165) is 39.1 Å². The van der Waals surface area contributed by atoms with Crippen molar-refractivity contribution in [1.29, 1.82) is 0 Å². The van der Waals surface area contributed by atoms with Crippen molar-refractivity contribution >= 4 is 11.8 Å². The molecule has 0 aromatic carbocycles. The van der Waals surface area contributed by atoms with E-state index in [-0.39, 0.29) is 11.6 Å². The van der Waals surface area contributed by atoms with Gasteiger partial charge in [-0.05, 0) is 25.8 Å². The molecule has 0 saturated carbocycles. The SMILES string of the molecule is CN1CCSCC1C(N)C1CCOC2(CCOC2)C1. The van der Waals surface area contributed by atoms with Crippen molar-refractivity contribution in [2.24, 2.45) is 11.7 Å². The van der Waals surface area contributed by atoms with Gasteiger partial charge in [-0.2, -0.15) is 11.8 Å². The summed E-state index contributed by atoms with van der Waals surface area (Å²) in [6, 6.07) is 0.806. The monoisotopic (exact) mass is 286 g/mol. The first kappa shape index (κ1) is 14.1. The molecule has 3 saturated heterocycles. The lowest BCUT2D eigenvalue weighted by atomic mass is 9.79. The summed E-state index contributed by atoms with van der Waals surface area (Å²) < 4.78 is 11.6. The summed E-state index contributed by atoms with van der Waals surface area (Å²) in [4.78, 5) is 2.45. The highest BCUT2D eigenvalue weighted by Gasteiger charge is 2.44. The minimum absolute atomic E-state index is 0.0130. The summed E-state index contributed by atoms with van der Waals surface area (Å²) in [5, 5.41) is 0. The molecule has 4 atom stereocenters. The Kier molecular flexibility index (Phi) is 4.39. The topological polar surface area (TPSA) is 47.7 Å². The van der Waals surface area contributed by atoms with Gasteiger partial charge in [0.05, 0.1) is 12.2 Å². The maximum absolute atomic E-state index is 6.61. The van der Waals surface area contributed by atoms with Crippen LogP contribution in [0.5, 0.6) is 0 Å². The molecule has 110 valence electrons. The van der Waals surface area contributed by atoms with E-state index in [1.165, 1.54) is 18.1 Å². The number of thioether (sulfide) groups is 1. The smallest absolute Gasteiger partial charge is 0.0939 e. The van der Waals surface area contributed by atoms with Gasteiger partial charge in [0.25, 0.3) is 0 Å². The van der Waals surface area contributed by atoms with E-state index in [0.29, 0.717) is 12.0 Å². The van der Waals surface area contributed by atoms with Gasteiger partial charge in [-0.1, -0.05) is 0 Å². The van der Waals surface area contributed by atoms with Crippen molar-refractivity contribution in [2.45, 2.75) is 36.9 Å². The molecule has 2 N–H and O–H groups in total. The first-order valence-electron chi connectivity index (χ1n) is 7.45. The second kappa shape index (κ2) is 5.90. The van der Waals surface area contributed by atoms with Crippen molar-refractivity contribution in [2.75, 3.05) is 44.9 Å². The van der Waals surface area contributed by atoms with Crippen molar-refractivity contribution in [3.05, 3.63) is 0 Å². The zero-order valence-electron chi connectivity index (χ0n) is 11.8. The second-order valence-electron chi connectivity index (χ2n) is 6.29. The molecular formula is C14H26N2O2S. The van der Waals surface area contributed by atoms with Crippen LogP contribution in [0.25, 0.3) is 0 Å². The van der Waals surface area contributed by atoms with Gasteiger partial charge in [0.1, 0.15) is 0 Å². The standard InChI is InChI=1S/C14H26N2O2S/c1-16-4-7-19-9-12(16)13(15)11-2-5-18-14(8-11)3-6-17-10-14/h11-13H,2-10,15H2,1H3. The van der Waals surface area contributed by atoms with E-state index >= 15 is 0 Å². The molecule has 0 aromatic heterocycles. The van der Waals surface area contributed by atoms with Gasteiger partial charge in [-0.25, -0.2) is 0 Å². The highest BCUT2D eigenvalue weighted by atomic mass is 32.2. The Hall–Kier alpha value is 0.190. The predicted octanol–water partition coefficient (Wildman–Crippen LogP) is 0.947. The number of nitrogens with zero attached hydrogens (tertiary/aromatic N) is 1. The van der Waals surface area contributed by atoms with Crippen LogP contribution in [0.1, 0.15) is 19.3 Å². The fourth-order valence-electron chi connectivity index (χ4n) is 3.68. The van der Waals surface area contributed by atoms with Crippen molar-refractivity contribution in [3.63, 3.8) is 0 Å². The molecule has 3 aliphatic heterocycles. The van der Waals surface area contributed by atoms with E-state index in [9.17, 15) is 0 Å². The number of likely N-dealkylation sites (N-methyl/N-ethyl adjacent to an activating group) is 1. The van der Waals surface area contributed by atoms with Crippen LogP contribution < -0.4 is 5.73 Å². The van der Waals surface area contributed by atoms with E-state index < -0.39 is 0 Å². The summed E-state index contributed by atoms with van der Waals surface area (Å²) in [5.74, 6) is 3.01. The number of nitrogens with two attached hydrogens (primary N) is 1. The summed E-state index contributed by atoms with van der Waals surface area (Å²) in [6.07, 6.45) is 3.24. The average molecular weight is 286 g/mol. The molecule has 4 nitrogen and oxygen atoms in total. The van der Waals surface area contributed by atoms with Crippen LogP contribution in [0.3, 0.4) is 0 Å². The summed E-state index contributed by atoms with van der Waals surface area (Å²) >= 11 is 2.05. The Labute approximate surface area is 120 Å². The number of hydrogen-bond donors (Lipinski definition) is 1. The van der Waals surface area contributed by atoms with Crippen LogP contribution in [0.4, 0.5) is 0 Å². The number of rotatable bonds is 2. The lowest BCUT2D eigenvalue weighted by Gasteiger charge is -2.44. The molecular weight excluding hydrogens is 260 g/mol. The van der Waals surface area contributed by atoms with Crippen LogP contribution in [-0.4, -0.2) is 67.5 Å². The number of ether oxygens (including phenoxy) is 2. The molecule has 0 bridgehead atoms. The Morgan fingerprint density at radius 2 is 2.32 bits per heavy atom. The molecule has 0 aromatic rings. The fourth-order valence-corrected chi connectivity index (χ4v) is 4.98. The van der Waals surface area contributed by atoms with Crippen LogP contribution >= 0.6 is 11.8 Å². The molecule has 3 rings (SSSR count). The van der Waals surface area contributed by atoms with Gasteiger partial charge < -0.3 is 20.1 Å². The quantitative estimate of drug-likeness (QED) is 0.819. The summed E-state index contributed by atoms with van der Waals surface area (Å²) in [5.41, 5.74) is 6.60. The van der Waals surface area contributed by atoms with Crippen LogP contribution in [-0.2, 0) is 9.47 Å². The van der Waals surface area contributed by atoms with E-state index in [4.69, 9.17) is 15.2 Å². The molecule has 3 fully saturated rings. The normalized spacial score (nSPS) is 42.6. The van der Waals surface area contributed by atoms with Crippen LogP contribution in [0.15, 0.2) is 0 Å². The molecule has 0 radical (unpaired) electrons. The minimum Gasteiger partial charge on any atom is -0.378 e. The predicted molar refractivity (Wildman–Crippen MR) is 78.6 cm³/mol. The lowest BCUT2D eigenvalue weighted by Crippen LogP contribution is -2.56. The van der Waals surface area contributed by atoms with Gasteiger partial charge in [0.15, 0.2) is 0 Å². The van der Waals surface area contributed by atoms with Gasteiger partial charge in [-0.15, -0.1) is 0 Å². The Bertz CT molecular complexity index is 310. The number of hydrogen-bond acceptors (Lipinski definition) is 5.